The minimum atomic E-state index is -3.85. The molecular formula is C21H19NO4S2. The van der Waals surface area contributed by atoms with Gasteiger partial charge in [-0.25, -0.2) is 0 Å². The first-order valence-electron chi connectivity index (χ1n) is 9.42. The highest BCUT2D eigenvalue weighted by Gasteiger charge is 2.48. The molecule has 0 aromatic heterocycles. The summed E-state index contributed by atoms with van der Waals surface area (Å²) < 4.78 is 27.2. The van der Waals surface area contributed by atoms with Crippen molar-refractivity contribution >= 4 is 32.6 Å². The number of rotatable bonds is 2. The Bertz CT molecular complexity index is 1120. The van der Waals surface area contributed by atoms with Gasteiger partial charge in [-0.2, -0.15) is 12.8 Å². The third kappa shape index (κ3) is 2.71. The van der Waals surface area contributed by atoms with E-state index >= 15 is 0 Å². The maximum Gasteiger partial charge on any atom is 0.282 e. The Morgan fingerprint density at radius 1 is 1.04 bits per heavy atom. The van der Waals surface area contributed by atoms with E-state index in [-0.39, 0.29) is 37.6 Å². The van der Waals surface area contributed by atoms with Crippen LogP contribution in [0.15, 0.2) is 51.8 Å². The van der Waals surface area contributed by atoms with E-state index in [4.69, 9.17) is 0 Å². The van der Waals surface area contributed by atoms with Gasteiger partial charge >= 0.3 is 0 Å². The summed E-state index contributed by atoms with van der Waals surface area (Å²) in [5.41, 5.74) is 3.13. The summed E-state index contributed by atoms with van der Waals surface area (Å²) in [6.07, 6.45) is 3.80. The highest BCUT2D eigenvalue weighted by Crippen LogP contribution is 2.43. The van der Waals surface area contributed by atoms with Crippen LogP contribution in [0.2, 0.25) is 0 Å². The molecule has 1 saturated heterocycles. The van der Waals surface area contributed by atoms with Gasteiger partial charge in [0.1, 0.15) is 11.0 Å². The molecule has 2 aliphatic heterocycles. The molecule has 0 N–H and O–H groups in total. The second kappa shape index (κ2) is 6.46. The summed E-state index contributed by atoms with van der Waals surface area (Å²) in [6.45, 7) is 0. The van der Waals surface area contributed by atoms with Gasteiger partial charge in [-0.05, 0) is 30.5 Å². The predicted molar refractivity (Wildman–Crippen MR) is 107 cm³/mol. The molecule has 5 nitrogen and oxygen atoms in total. The van der Waals surface area contributed by atoms with Crippen molar-refractivity contribution in [1.29, 1.82) is 0 Å². The van der Waals surface area contributed by atoms with Gasteiger partial charge in [-0.15, -0.1) is 0 Å². The quantitative estimate of drug-likeness (QED) is 0.706. The van der Waals surface area contributed by atoms with E-state index in [1.54, 1.807) is 6.07 Å². The summed E-state index contributed by atoms with van der Waals surface area (Å²) in [5, 5.41) is 12.2. The summed E-state index contributed by atoms with van der Waals surface area (Å²) in [4.78, 5) is 13.2. The number of nitrogens with zero attached hydrogens (tertiary/aromatic N) is 1. The molecule has 144 valence electrons. The number of hydrogen-bond donors (Lipinski definition) is 0. The molecule has 0 spiro atoms. The van der Waals surface area contributed by atoms with Gasteiger partial charge in [-0.1, -0.05) is 30.3 Å². The fourth-order valence-corrected chi connectivity index (χ4v) is 8.95. The van der Waals surface area contributed by atoms with Crippen molar-refractivity contribution in [2.45, 2.75) is 41.1 Å². The summed E-state index contributed by atoms with van der Waals surface area (Å²) in [7, 11) is -3.96. The van der Waals surface area contributed by atoms with Crippen LogP contribution in [0, 0.1) is 0 Å². The molecule has 3 unspecified atom stereocenters. The lowest BCUT2D eigenvalue weighted by Crippen LogP contribution is -2.37. The van der Waals surface area contributed by atoms with E-state index in [9.17, 15) is 18.3 Å². The molecule has 7 heteroatoms. The second-order valence-electron chi connectivity index (χ2n) is 7.48. The second-order valence-corrected chi connectivity index (χ2v) is 11.5. The fraction of sp³-hybridized carbons (Fsp3) is 0.333. The number of carbonyl (C=O) groups excluding carboxylic acids is 1. The molecule has 0 radical (unpaired) electrons. The topological polar surface area (TPSA) is 86.6 Å². The van der Waals surface area contributed by atoms with Crippen LogP contribution >= 0.6 is 0 Å². The van der Waals surface area contributed by atoms with Crippen molar-refractivity contribution in [1.82, 2.24) is 0 Å². The molecule has 1 fully saturated rings. The van der Waals surface area contributed by atoms with Crippen molar-refractivity contribution in [3.05, 3.63) is 64.7 Å². The number of aryl methyl sites for hydroxylation is 1. The number of carbonyl (C=O) groups is 1. The van der Waals surface area contributed by atoms with Crippen LogP contribution in [-0.4, -0.2) is 31.1 Å². The molecule has 2 heterocycles. The number of Topliss-reactive ketones (excluding diaryl/α,β-unsaturated/α-hetero) is 1. The molecule has 28 heavy (non-hydrogen) atoms. The largest absolute Gasteiger partial charge is 0.858 e. The molecule has 2 aromatic rings. The van der Waals surface area contributed by atoms with E-state index in [2.05, 4.69) is 4.40 Å². The van der Waals surface area contributed by atoms with Gasteiger partial charge in [0.15, 0.2) is 5.25 Å². The van der Waals surface area contributed by atoms with Gasteiger partial charge in [0.05, 0.1) is 4.90 Å². The Kier molecular flexibility index (Phi) is 4.14. The molecular weight excluding hydrogens is 394 g/mol. The van der Waals surface area contributed by atoms with Crippen molar-refractivity contribution in [3.63, 3.8) is 0 Å². The highest BCUT2D eigenvalue weighted by atomic mass is 32.2. The normalized spacial score (nSPS) is 27.9. The summed E-state index contributed by atoms with van der Waals surface area (Å²) >= 11 is 0. The van der Waals surface area contributed by atoms with Crippen LogP contribution in [0.25, 0.3) is 0 Å². The van der Waals surface area contributed by atoms with Crippen LogP contribution < -0.4 is 5.11 Å². The molecule has 0 bridgehead atoms. The smallest absolute Gasteiger partial charge is 0.282 e. The lowest BCUT2D eigenvalue weighted by Gasteiger charge is -2.25. The van der Waals surface area contributed by atoms with E-state index < -0.39 is 15.9 Å². The van der Waals surface area contributed by atoms with Crippen molar-refractivity contribution < 1.29 is 18.3 Å². The Morgan fingerprint density at radius 2 is 1.86 bits per heavy atom. The van der Waals surface area contributed by atoms with Crippen LogP contribution in [0.3, 0.4) is 0 Å². The zero-order chi connectivity index (χ0) is 19.5. The van der Waals surface area contributed by atoms with Crippen molar-refractivity contribution in [2.24, 2.45) is 4.40 Å². The van der Waals surface area contributed by atoms with Gasteiger partial charge in [0, 0.05) is 46.3 Å². The number of fused-ring (bicyclic) bond motifs is 2. The van der Waals surface area contributed by atoms with Crippen LogP contribution in [0.4, 0.5) is 0 Å². The van der Waals surface area contributed by atoms with E-state index in [0.717, 1.165) is 48.1 Å². The Morgan fingerprint density at radius 3 is 2.71 bits per heavy atom. The van der Waals surface area contributed by atoms with Gasteiger partial charge in [-0.3, -0.25) is 4.79 Å². The first kappa shape index (κ1) is 17.9. The average molecular weight is 414 g/mol. The molecule has 1 aliphatic carbocycles. The average Bonchev–Trinajstić information content (AvgIpc) is 3.25. The molecule has 5 rings (SSSR count). The monoisotopic (exact) mass is 413 g/mol. The van der Waals surface area contributed by atoms with Crippen LogP contribution in [0.1, 0.15) is 51.6 Å². The maximum absolute atomic E-state index is 13.2. The Labute approximate surface area is 166 Å². The lowest BCUT2D eigenvalue weighted by atomic mass is 9.90. The zero-order valence-electron chi connectivity index (χ0n) is 15.1. The minimum absolute atomic E-state index is 0.00167. The number of benzene rings is 2. The highest BCUT2D eigenvalue weighted by molar-refractivity contribution is 7.98. The van der Waals surface area contributed by atoms with Gasteiger partial charge < -0.3 is 5.11 Å². The maximum atomic E-state index is 13.2. The molecule has 3 atom stereocenters. The number of sulfonamides is 1. The minimum Gasteiger partial charge on any atom is -0.858 e. The molecule has 2 aromatic carbocycles. The third-order valence-electron chi connectivity index (χ3n) is 5.92. The van der Waals surface area contributed by atoms with Gasteiger partial charge in [0.2, 0.25) is 5.78 Å². The Hall–Kier alpha value is -2.12. The Balaban J connectivity index is 1.49. The van der Waals surface area contributed by atoms with Gasteiger partial charge in [0.25, 0.3) is 10.0 Å². The van der Waals surface area contributed by atoms with E-state index in [0.29, 0.717) is 0 Å². The summed E-state index contributed by atoms with van der Waals surface area (Å²) in [6, 6.07) is 12.9. The van der Waals surface area contributed by atoms with Crippen molar-refractivity contribution in [3.8, 4) is 0 Å². The standard InChI is InChI=1S/C21H19NO4S2/c23-20-15-5-2-1-4-13(15)7-9-18(20)27-11-3-6-17(27)14-8-10-19-16(12-14)21(24)22-28(19,25)26/h1-2,4-5,8,10,12,17-18H,3,6-7,9,11H2. The fourth-order valence-electron chi connectivity index (χ4n) is 4.62. The van der Waals surface area contributed by atoms with E-state index in [1.165, 1.54) is 6.07 Å². The molecule has 0 amide bonds. The third-order valence-corrected chi connectivity index (χ3v) is 10.4. The number of hydrogen-bond acceptors (Lipinski definition) is 4. The number of ketones is 1. The first-order valence-corrected chi connectivity index (χ1v) is 12.4. The molecule has 3 aliphatic rings. The summed E-state index contributed by atoms with van der Waals surface area (Å²) in [5.74, 6) is 0.570. The van der Waals surface area contributed by atoms with Crippen LogP contribution in [-0.2, 0) is 27.3 Å². The zero-order valence-corrected chi connectivity index (χ0v) is 16.8. The van der Waals surface area contributed by atoms with Crippen molar-refractivity contribution in [2.75, 3.05) is 5.75 Å². The molecule has 0 saturated carbocycles. The SMILES string of the molecule is O=C1c2ccccc2CCC1[S+]1CCCC1c1ccc2c(c1)C([O-])=NS2(=O)=O. The predicted octanol–water partition coefficient (Wildman–Crippen LogP) is 2.15. The van der Waals surface area contributed by atoms with Crippen LogP contribution in [0.5, 0.6) is 0 Å². The van der Waals surface area contributed by atoms with E-state index in [1.807, 2.05) is 30.3 Å². The first-order chi connectivity index (χ1) is 13.5. The lowest BCUT2D eigenvalue weighted by molar-refractivity contribution is -0.212.